The molecular weight excluding hydrogens is 456 g/mol. The van der Waals surface area contributed by atoms with Crippen LogP contribution in [0.25, 0.3) is 0 Å². The lowest BCUT2D eigenvalue weighted by atomic mass is 10.1. The molecule has 0 spiro atoms. The predicted molar refractivity (Wildman–Crippen MR) is 127 cm³/mol. The Kier molecular flexibility index (Phi) is 6.22. The van der Waals surface area contributed by atoms with Gasteiger partial charge in [-0.1, -0.05) is 0 Å². The Bertz CT molecular complexity index is 1160. The molecule has 11 heteroatoms. The van der Waals surface area contributed by atoms with Gasteiger partial charge in [-0.2, -0.15) is 9.29 Å². The Morgan fingerprint density at radius 1 is 0.735 bits per heavy atom. The number of carbonyl (C=O) groups excluding carboxylic acids is 2. The number of piperazine rings is 1. The van der Waals surface area contributed by atoms with Crippen molar-refractivity contribution in [2.24, 2.45) is 0 Å². The topological polar surface area (TPSA) is 107 Å². The van der Waals surface area contributed by atoms with Crippen molar-refractivity contribution in [3.05, 3.63) is 36.5 Å². The number of carbonyl (C=O) groups is 2. The van der Waals surface area contributed by atoms with Gasteiger partial charge in [-0.3, -0.25) is 14.5 Å². The van der Waals surface area contributed by atoms with Crippen LogP contribution in [0.3, 0.4) is 0 Å². The first-order valence-corrected chi connectivity index (χ1v) is 13.2. The molecule has 2 aromatic rings. The van der Waals surface area contributed by atoms with Crippen molar-refractivity contribution in [3.8, 4) is 0 Å². The zero-order valence-corrected chi connectivity index (χ0v) is 19.8. The molecule has 4 heterocycles. The summed E-state index contributed by atoms with van der Waals surface area (Å²) in [6, 6.07) is 7.84. The molecule has 1 aromatic heterocycles. The smallest absolute Gasteiger partial charge is 0.243 e. The number of anilines is 3. The van der Waals surface area contributed by atoms with Gasteiger partial charge < -0.3 is 9.80 Å². The number of rotatable bonds is 5. The predicted octanol–water partition coefficient (Wildman–Crippen LogP) is 1.63. The third kappa shape index (κ3) is 4.37. The molecule has 180 valence electrons. The van der Waals surface area contributed by atoms with Gasteiger partial charge in [0, 0.05) is 58.3 Å². The molecule has 5 rings (SSSR count). The lowest BCUT2D eigenvalue weighted by molar-refractivity contribution is -0.121. The monoisotopic (exact) mass is 484 g/mol. The van der Waals surface area contributed by atoms with Crippen LogP contribution in [0.2, 0.25) is 0 Å². The van der Waals surface area contributed by atoms with Crippen molar-refractivity contribution in [3.63, 3.8) is 0 Å². The van der Waals surface area contributed by atoms with E-state index in [0.29, 0.717) is 31.9 Å². The Morgan fingerprint density at radius 3 is 2.03 bits per heavy atom. The molecule has 3 aliphatic heterocycles. The van der Waals surface area contributed by atoms with E-state index in [1.807, 2.05) is 6.07 Å². The van der Waals surface area contributed by atoms with Crippen LogP contribution in [0.4, 0.5) is 17.5 Å². The summed E-state index contributed by atoms with van der Waals surface area (Å²) in [4.78, 5) is 38.6. The fourth-order valence-electron chi connectivity index (χ4n) is 4.70. The second kappa shape index (κ2) is 9.30. The van der Waals surface area contributed by atoms with Gasteiger partial charge in [0.2, 0.25) is 27.8 Å². The number of piperidine rings is 1. The molecule has 0 unspecified atom stereocenters. The van der Waals surface area contributed by atoms with E-state index in [-0.39, 0.29) is 29.6 Å². The summed E-state index contributed by atoms with van der Waals surface area (Å²) < 4.78 is 27.8. The Labute approximate surface area is 199 Å². The average molecular weight is 485 g/mol. The number of amides is 2. The van der Waals surface area contributed by atoms with E-state index >= 15 is 0 Å². The number of sulfonamides is 1. The summed E-state index contributed by atoms with van der Waals surface area (Å²) in [6.07, 6.45) is 5.69. The highest BCUT2D eigenvalue weighted by molar-refractivity contribution is 7.89. The minimum absolute atomic E-state index is 0.151. The van der Waals surface area contributed by atoms with Crippen LogP contribution in [-0.2, 0) is 19.6 Å². The number of benzene rings is 1. The van der Waals surface area contributed by atoms with Crippen molar-refractivity contribution in [2.75, 3.05) is 54.0 Å². The minimum Gasteiger partial charge on any atom is -0.354 e. The van der Waals surface area contributed by atoms with E-state index in [0.717, 1.165) is 42.6 Å². The highest BCUT2D eigenvalue weighted by Crippen LogP contribution is 2.26. The van der Waals surface area contributed by atoms with E-state index in [9.17, 15) is 18.0 Å². The summed E-state index contributed by atoms with van der Waals surface area (Å²) >= 11 is 0. The summed E-state index contributed by atoms with van der Waals surface area (Å²) in [5, 5.41) is 0. The highest BCUT2D eigenvalue weighted by Gasteiger charge is 2.32. The fraction of sp³-hybridized carbons (Fsp3) is 0.478. The van der Waals surface area contributed by atoms with Gasteiger partial charge in [0.1, 0.15) is 5.82 Å². The molecule has 0 radical (unpaired) electrons. The molecule has 3 saturated heterocycles. The second-order valence-electron chi connectivity index (χ2n) is 8.77. The first-order valence-electron chi connectivity index (χ1n) is 11.7. The van der Waals surface area contributed by atoms with E-state index in [1.165, 1.54) is 35.0 Å². The zero-order chi connectivity index (χ0) is 23.7. The van der Waals surface area contributed by atoms with Gasteiger partial charge in [0.15, 0.2) is 0 Å². The fourth-order valence-corrected chi connectivity index (χ4v) is 6.12. The van der Waals surface area contributed by atoms with E-state index < -0.39 is 10.0 Å². The molecule has 0 atom stereocenters. The standard InChI is InChI=1S/C23H28N6O4S/c30-21-8-9-22(31)29(21)18-4-6-19(7-5-18)34(32,33)28-16-14-26(15-17-28)20-10-11-24-23(25-20)27-12-2-1-3-13-27/h4-7,10-11H,1-3,8-9,12-17H2. The summed E-state index contributed by atoms with van der Waals surface area (Å²) in [6.45, 7) is 3.68. The number of nitrogens with zero attached hydrogens (tertiary/aromatic N) is 6. The van der Waals surface area contributed by atoms with Crippen LogP contribution in [0.5, 0.6) is 0 Å². The van der Waals surface area contributed by atoms with Crippen LogP contribution in [0.1, 0.15) is 32.1 Å². The molecule has 3 aliphatic rings. The summed E-state index contributed by atoms with van der Waals surface area (Å²) in [5.74, 6) is 1.04. The third-order valence-corrected chi connectivity index (χ3v) is 8.53. The van der Waals surface area contributed by atoms with Crippen LogP contribution < -0.4 is 14.7 Å². The minimum atomic E-state index is -3.68. The summed E-state index contributed by atoms with van der Waals surface area (Å²) in [7, 11) is -3.68. The van der Waals surface area contributed by atoms with Crippen molar-refractivity contribution in [2.45, 2.75) is 37.0 Å². The molecule has 0 bridgehead atoms. The first kappa shape index (κ1) is 22.7. The quantitative estimate of drug-likeness (QED) is 0.590. The Hall–Kier alpha value is -3.05. The van der Waals surface area contributed by atoms with Gasteiger partial charge in [-0.25, -0.2) is 13.4 Å². The van der Waals surface area contributed by atoms with Crippen molar-refractivity contribution in [1.29, 1.82) is 0 Å². The van der Waals surface area contributed by atoms with Crippen molar-refractivity contribution < 1.29 is 18.0 Å². The van der Waals surface area contributed by atoms with Crippen molar-refractivity contribution >= 4 is 39.3 Å². The SMILES string of the molecule is O=C1CCC(=O)N1c1ccc(S(=O)(=O)N2CCN(c3ccnc(N4CCCCC4)n3)CC2)cc1. The van der Waals surface area contributed by atoms with Gasteiger partial charge in [-0.15, -0.1) is 0 Å². The van der Waals surface area contributed by atoms with Gasteiger partial charge in [0.05, 0.1) is 10.6 Å². The van der Waals surface area contributed by atoms with Gasteiger partial charge in [0.25, 0.3) is 0 Å². The lowest BCUT2D eigenvalue weighted by Crippen LogP contribution is -2.49. The van der Waals surface area contributed by atoms with E-state index in [1.54, 1.807) is 6.20 Å². The first-order chi connectivity index (χ1) is 16.4. The number of hydrogen-bond donors (Lipinski definition) is 0. The molecule has 1 aromatic carbocycles. The zero-order valence-electron chi connectivity index (χ0n) is 19.0. The molecule has 34 heavy (non-hydrogen) atoms. The summed E-state index contributed by atoms with van der Waals surface area (Å²) in [5.41, 5.74) is 0.407. The maximum absolute atomic E-state index is 13.2. The third-order valence-electron chi connectivity index (χ3n) is 6.61. The van der Waals surface area contributed by atoms with Crippen LogP contribution in [0.15, 0.2) is 41.4 Å². The maximum Gasteiger partial charge on any atom is 0.243 e. The average Bonchev–Trinajstić information content (AvgIpc) is 3.22. The maximum atomic E-state index is 13.2. The van der Waals surface area contributed by atoms with Crippen LogP contribution in [0, 0.1) is 0 Å². The molecule has 0 N–H and O–H groups in total. The molecule has 3 fully saturated rings. The Morgan fingerprint density at radius 2 is 1.38 bits per heavy atom. The van der Waals surface area contributed by atoms with Gasteiger partial charge in [-0.05, 0) is 49.6 Å². The Balaban J connectivity index is 1.24. The van der Waals surface area contributed by atoms with E-state index in [4.69, 9.17) is 4.98 Å². The van der Waals surface area contributed by atoms with Crippen LogP contribution >= 0.6 is 0 Å². The molecule has 0 saturated carbocycles. The molecule has 0 aliphatic carbocycles. The number of imide groups is 1. The normalized spacial score (nSPS) is 20.3. The largest absolute Gasteiger partial charge is 0.354 e. The van der Waals surface area contributed by atoms with E-state index in [2.05, 4.69) is 14.8 Å². The van der Waals surface area contributed by atoms with Crippen LogP contribution in [-0.4, -0.2) is 73.8 Å². The molecule has 2 amide bonds. The van der Waals surface area contributed by atoms with Gasteiger partial charge >= 0.3 is 0 Å². The van der Waals surface area contributed by atoms with Crippen molar-refractivity contribution in [1.82, 2.24) is 14.3 Å². The second-order valence-corrected chi connectivity index (χ2v) is 10.7. The highest BCUT2D eigenvalue weighted by atomic mass is 32.2. The number of aromatic nitrogens is 2. The number of hydrogen-bond acceptors (Lipinski definition) is 8. The molecular formula is C23H28N6O4S. The lowest BCUT2D eigenvalue weighted by Gasteiger charge is -2.35. The molecule has 10 nitrogen and oxygen atoms in total.